The topological polar surface area (TPSA) is 71.4 Å². The molecule has 3 aromatic carbocycles. The molecule has 9 heteroatoms. The Labute approximate surface area is 240 Å². The van der Waals surface area contributed by atoms with Crippen LogP contribution in [0.1, 0.15) is 32.9 Å². The van der Waals surface area contributed by atoms with Gasteiger partial charge in [-0.05, 0) is 54.4 Å². The number of aromatic nitrogens is 2. The molecule has 1 aliphatic rings. The summed E-state index contributed by atoms with van der Waals surface area (Å²) in [6, 6.07) is 25.4. The van der Waals surface area contributed by atoms with Crippen molar-refractivity contribution in [2.24, 2.45) is 0 Å². The number of hydrogen-bond acceptors (Lipinski definition) is 5. The van der Waals surface area contributed by atoms with Crippen LogP contribution in [0.25, 0.3) is 0 Å². The monoisotopic (exact) mass is 565 g/mol. The summed E-state index contributed by atoms with van der Waals surface area (Å²) >= 11 is 6.30. The van der Waals surface area contributed by atoms with E-state index in [-0.39, 0.29) is 18.3 Å². The highest BCUT2D eigenvalue weighted by Gasteiger charge is 2.15. The van der Waals surface area contributed by atoms with Gasteiger partial charge in [0.25, 0.3) is 5.91 Å². The van der Waals surface area contributed by atoms with Crippen molar-refractivity contribution in [2.45, 2.75) is 26.6 Å². The molecule has 1 saturated heterocycles. The number of anilines is 1. The van der Waals surface area contributed by atoms with E-state index in [1.165, 1.54) is 5.56 Å². The second-order valence-electron chi connectivity index (χ2n) is 9.53. The molecule has 4 aromatic rings. The first kappa shape index (κ1) is 28.6. The van der Waals surface area contributed by atoms with Crippen LogP contribution >= 0.6 is 24.0 Å². The number of aryl methyl sites for hydroxylation is 1. The summed E-state index contributed by atoms with van der Waals surface area (Å²) in [5.41, 5.74) is 5.19. The fourth-order valence-corrected chi connectivity index (χ4v) is 4.70. The quantitative estimate of drug-likeness (QED) is 0.278. The largest absolute Gasteiger partial charge is 0.489 e. The number of nitrogens with one attached hydrogen (secondary N) is 2. The van der Waals surface area contributed by atoms with E-state index in [9.17, 15) is 4.79 Å². The molecule has 0 aliphatic carbocycles. The summed E-state index contributed by atoms with van der Waals surface area (Å²) in [4.78, 5) is 15.4. The summed E-state index contributed by atoms with van der Waals surface area (Å²) in [6.45, 7) is 7.90. The van der Waals surface area contributed by atoms with Crippen molar-refractivity contribution in [2.75, 3.05) is 31.5 Å². The van der Waals surface area contributed by atoms with E-state index in [0.29, 0.717) is 23.9 Å². The number of carbonyl (C=O) groups is 1. The van der Waals surface area contributed by atoms with Gasteiger partial charge in [0, 0.05) is 54.7 Å². The van der Waals surface area contributed by atoms with Gasteiger partial charge in [-0.1, -0.05) is 54.1 Å². The highest BCUT2D eigenvalue weighted by Crippen LogP contribution is 2.25. The molecule has 204 valence electrons. The number of amides is 1. The van der Waals surface area contributed by atoms with Gasteiger partial charge in [0.05, 0.1) is 6.54 Å². The Morgan fingerprint density at radius 2 is 1.72 bits per heavy atom. The fourth-order valence-electron chi connectivity index (χ4n) is 4.51. The van der Waals surface area contributed by atoms with E-state index in [0.717, 1.165) is 61.0 Å². The molecule has 1 aromatic heterocycles. The average molecular weight is 567 g/mol. The van der Waals surface area contributed by atoms with Crippen LogP contribution < -0.4 is 15.4 Å². The first-order chi connectivity index (χ1) is 18.5. The van der Waals surface area contributed by atoms with E-state index >= 15 is 0 Å². The fraction of sp³-hybridized carbons (Fsp3) is 0.267. The van der Waals surface area contributed by atoms with Crippen molar-refractivity contribution >= 4 is 35.6 Å². The van der Waals surface area contributed by atoms with E-state index < -0.39 is 0 Å². The molecule has 0 saturated carbocycles. The van der Waals surface area contributed by atoms with Gasteiger partial charge in [-0.15, -0.1) is 12.4 Å². The number of halogens is 2. The maximum atomic E-state index is 13.0. The zero-order chi connectivity index (χ0) is 26.3. The van der Waals surface area contributed by atoms with Gasteiger partial charge >= 0.3 is 0 Å². The molecule has 1 aliphatic heterocycles. The van der Waals surface area contributed by atoms with E-state index in [4.69, 9.17) is 16.3 Å². The Morgan fingerprint density at radius 1 is 0.974 bits per heavy atom. The van der Waals surface area contributed by atoms with Gasteiger partial charge in [0.2, 0.25) is 0 Å². The number of benzene rings is 3. The van der Waals surface area contributed by atoms with Gasteiger partial charge in [-0.2, -0.15) is 5.10 Å². The summed E-state index contributed by atoms with van der Waals surface area (Å²) in [6.07, 6.45) is 0. The number of ether oxygens (including phenoxy) is 1. The smallest absolute Gasteiger partial charge is 0.276 e. The van der Waals surface area contributed by atoms with Crippen molar-refractivity contribution in [3.8, 4) is 5.75 Å². The van der Waals surface area contributed by atoms with Crippen LogP contribution in [0.5, 0.6) is 5.75 Å². The lowest BCUT2D eigenvalue weighted by Gasteiger charge is -2.27. The molecule has 1 amide bonds. The van der Waals surface area contributed by atoms with Crippen LogP contribution in [-0.2, 0) is 19.7 Å². The molecular formula is C30H33Cl2N5O2. The van der Waals surface area contributed by atoms with Crippen LogP contribution in [0, 0.1) is 6.92 Å². The second-order valence-corrected chi connectivity index (χ2v) is 9.97. The lowest BCUT2D eigenvalue weighted by Crippen LogP contribution is -2.42. The molecule has 0 atom stereocenters. The van der Waals surface area contributed by atoms with Crippen LogP contribution in [0.2, 0.25) is 5.02 Å². The first-order valence-corrected chi connectivity index (χ1v) is 13.2. The zero-order valence-corrected chi connectivity index (χ0v) is 23.5. The molecule has 39 heavy (non-hydrogen) atoms. The van der Waals surface area contributed by atoms with Gasteiger partial charge < -0.3 is 15.4 Å². The molecule has 2 N–H and O–H groups in total. The normalized spacial score (nSPS) is 13.5. The SMILES string of the molecule is Cc1cc(C(=O)Nc2ccc(CN3CCNCC3)cc2)nn1Cc1cc(Cl)ccc1OCc1ccccc1.Cl. The minimum Gasteiger partial charge on any atom is -0.489 e. The van der Waals surface area contributed by atoms with E-state index in [2.05, 4.69) is 32.8 Å². The number of carbonyl (C=O) groups excluding carboxylic acids is 1. The Hall–Kier alpha value is -3.36. The van der Waals surface area contributed by atoms with Crippen LogP contribution in [0.15, 0.2) is 78.9 Å². The van der Waals surface area contributed by atoms with Gasteiger partial charge in [-0.3, -0.25) is 14.4 Å². The van der Waals surface area contributed by atoms with Crippen molar-refractivity contribution < 1.29 is 9.53 Å². The molecule has 7 nitrogen and oxygen atoms in total. The lowest BCUT2D eigenvalue weighted by molar-refractivity contribution is 0.102. The second kappa shape index (κ2) is 13.6. The zero-order valence-electron chi connectivity index (χ0n) is 21.9. The molecule has 0 radical (unpaired) electrons. The number of rotatable bonds is 9. The maximum Gasteiger partial charge on any atom is 0.276 e. The third kappa shape index (κ3) is 7.83. The predicted octanol–water partition coefficient (Wildman–Crippen LogP) is 5.55. The molecule has 1 fully saturated rings. The average Bonchev–Trinajstić information content (AvgIpc) is 3.30. The van der Waals surface area contributed by atoms with Crippen molar-refractivity contribution in [3.63, 3.8) is 0 Å². The van der Waals surface area contributed by atoms with Crippen molar-refractivity contribution in [1.29, 1.82) is 0 Å². The minimum atomic E-state index is -0.242. The van der Waals surface area contributed by atoms with Crippen LogP contribution in [-0.4, -0.2) is 46.8 Å². The number of nitrogens with zero attached hydrogens (tertiary/aromatic N) is 3. The molecule has 2 heterocycles. The minimum absolute atomic E-state index is 0. The maximum absolute atomic E-state index is 13.0. The van der Waals surface area contributed by atoms with Crippen molar-refractivity contribution in [1.82, 2.24) is 20.0 Å². The summed E-state index contributed by atoms with van der Waals surface area (Å²) in [5.74, 6) is 0.494. The highest BCUT2D eigenvalue weighted by atomic mass is 35.5. The van der Waals surface area contributed by atoms with Gasteiger partial charge in [0.1, 0.15) is 12.4 Å². The number of piperazine rings is 1. The molecule has 0 bridgehead atoms. The molecule has 5 rings (SSSR count). The van der Waals surface area contributed by atoms with E-state index in [1.807, 2.05) is 67.6 Å². The first-order valence-electron chi connectivity index (χ1n) is 12.9. The Bertz CT molecular complexity index is 1370. The third-order valence-electron chi connectivity index (χ3n) is 6.62. The number of hydrogen-bond donors (Lipinski definition) is 2. The van der Waals surface area contributed by atoms with E-state index in [1.54, 1.807) is 10.7 Å². The van der Waals surface area contributed by atoms with Crippen LogP contribution in [0.4, 0.5) is 5.69 Å². The Kier molecular flexibility index (Phi) is 10.0. The predicted molar refractivity (Wildman–Crippen MR) is 158 cm³/mol. The van der Waals surface area contributed by atoms with Gasteiger partial charge in [0.15, 0.2) is 5.69 Å². The summed E-state index contributed by atoms with van der Waals surface area (Å²) < 4.78 is 7.89. The standard InChI is InChI=1S/C30H32ClN5O2.ClH/c1-22-17-28(30(37)33-27-10-7-23(8-11-27)19-35-15-13-32-14-16-35)34-36(22)20-25-18-26(31)9-12-29(25)38-21-24-5-3-2-4-6-24;/h2-12,17-18,32H,13-16,19-21H2,1H3,(H,33,37);1H. The lowest BCUT2D eigenvalue weighted by atomic mass is 10.2. The Morgan fingerprint density at radius 3 is 2.46 bits per heavy atom. The molecule has 0 spiro atoms. The molecule has 0 unspecified atom stereocenters. The van der Waals surface area contributed by atoms with Gasteiger partial charge in [-0.25, -0.2) is 0 Å². The highest BCUT2D eigenvalue weighted by molar-refractivity contribution is 6.30. The van der Waals surface area contributed by atoms with Crippen molar-refractivity contribution in [3.05, 3.63) is 112 Å². The third-order valence-corrected chi connectivity index (χ3v) is 6.86. The molecular weight excluding hydrogens is 533 g/mol. The Balaban J connectivity index is 0.00000353. The van der Waals surface area contributed by atoms with Crippen LogP contribution in [0.3, 0.4) is 0 Å². The summed E-state index contributed by atoms with van der Waals surface area (Å²) in [7, 11) is 0. The summed E-state index contributed by atoms with van der Waals surface area (Å²) in [5, 5.41) is 11.5.